The van der Waals surface area contributed by atoms with Crippen molar-refractivity contribution >= 4 is 5.69 Å². The Kier molecular flexibility index (Phi) is 2.82. The zero-order chi connectivity index (χ0) is 8.93. The summed E-state index contributed by atoms with van der Waals surface area (Å²) in [6, 6.07) is 10.4. The highest BCUT2D eigenvalue weighted by Gasteiger charge is 2.13. The number of benzene rings is 1. The summed E-state index contributed by atoms with van der Waals surface area (Å²) in [4.78, 5) is 0. The van der Waals surface area contributed by atoms with Crippen LogP contribution in [-0.4, -0.2) is 19.6 Å². The van der Waals surface area contributed by atoms with Crippen molar-refractivity contribution in [3.8, 4) is 0 Å². The van der Waals surface area contributed by atoms with E-state index in [-0.39, 0.29) is 0 Å². The van der Waals surface area contributed by atoms with E-state index in [2.05, 4.69) is 34.9 Å². The molecule has 0 amide bonds. The standard InChI is InChI=1S/C11H16N2/c1-2-4-11(5-3-1)13-9-10-6-7-12-8-10/h1-5,10,12-13H,6-9H2/t10-/m0/s1. The molecule has 0 spiro atoms. The molecule has 70 valence electrons. The van der Waals surface area contributed by atoms with E-state index >= 15 is 0 Å². The molecule has 1 atom stereocenters. The molecule has 2 rings (SSSR count). The van der Waals surface area contributed by atoms with Crippen molar-refractivity contribution in [3.63, 3.8) is 0 Å². The summed E-state index contributed by atoms with van der Waals surface area (Å²) in [5.74, 6) is 0.806. The van der Waals surface area contributed by atoms with Crippen LogP contribution in [0, 0.1) is 5.92 Å². The maximum absolute atomic E-state index is 3.45. The topological polar surface area (TPSA) is 24.1 Å². The van der Waals surface area contributed by atoms with Gasteiger partial charge in [-0.3, -0.25) is 0 Å². The molecule has 0 saturated carbocycles. The van der Waals surface area contributed by atoms with Crippen molar-refractivity contribution in [1.82, 2.24) is 5.32 Å². The van der Waals surface area contributed by atoms with Gasteiger partial charge in [-0.1, -0.05) is 18.2 Å². The van der Waals surface area contributed by atoms with Crippen molar-refractivity contribution in [2.45, 2.75) is 6.42 Å². The van der Waals surface area contributed by atoms with Gasteiger partial charge in [0.2, 0.25) is 0 Å². The summed E-state index contributed by atoms with van der Waals surface area (Å²) in [5, 5.41) is 6.82. The number of hydrogen-bond acceptors (Lipinski definition) is 2. The van der Waals surface area contributed by atoms with Gasteiger partial charge in [0.05, 0.1) is 0 Å². The average Bonchev–Trinajstić information content (AvgIpc) is 2.69. The van der Waals surface area contributed by atoms with Crippen molar-refractivity contribution in [2.24, 2.45) is 5.92 Å². The van der Waals surface area contributed by atoms with Gasteiger partial charge in [0, 0.05) is 12.2 Å². The van der Waals surface area contributed by atoms with Crippen molar-refractivity contribution in [1.29, 1.82) is 0 Å². The molecule has 1 aliphatic rings. The fourth-order valence-electron chi connectivity index (χ4n) is 1.71. The predicted molar refractivity (Wildman–Crippen MR) is 55.9 cm³/mol. The van der Waals surface area contributed by atoms with Crippen LogP contribution in [-0.2, 0) is 0 Å². The van der Waals surface area contributed by atoms with Crippen molar-refractivity contribution < 1.29 is 0 Å². The molecule has 13 heavy (non-hydrogen) atoms. The second kappa shape index (κ2) is 4.28. The third kappa shape index (κ3) is 2.46. The van der Waals surface area contributed by atoms with Crippen LogP contribution in [0.15, 0.2) is 30.3 Å². The lowest BCUT2D eigenvalue weighted by Gasteiger charge is -2.10. The summed E-state index contributed by atoms with van der Waals surface area (Å²) in [5.41, 5.74) is 1.23. The number of rotatable bonds is 3. The van der Waals surface area contributed by atoms with E-state index in [4.69, 9.17) is 0 Å². The van der Waals surface area contributed by atoms with Gasteiger partial charge in [-0.15, -0.1) is 0 Å². The number of anilines is 1. The first-order valence-electron chi connectivity index (χ1n) is 4.95. The quantitative estimate of drug-likeness (QED) is 0.732. The number of hydrogen-bond donors (Lipinski definition) is 2. The summed E-state index contributed by atoms with van der Waals surface area (Å²) >= 11 is 0. The maximum Gasteiger partial charge on any atom is 0.0340 e. The summed E-state index contributed by atoms with van der Waals surface area (Å²) < 4.78 is 0. The van der Waals surface area contributed by atoms with Crippen molar-refractivity contribution in [3.05, 3.63) is 30.3 Å². The van der Waals surface area contributed by atoms with Gasteiger partial charge in [0.15, 0.2) is 0 Å². The second-order valence-corrected chi connectivity index (χ2v) is 3.61. The Balaban J connectivity index is 1.79. The van der Waals surface area contributed by atoms with E-state index < -0.39 is 0 Å². The first kappa shape index (κ1) is 8.57. The lowest BCUT2D eigenvalue weighted by molar-refractivity contribution is 0.615. The van der Waals surface area contributed by atoms with Gasteiger partial charge >= 0.3 is 0 Å². The Bertz CT molecular complexity index is 240. The zero-order valence-electron chi connectivity index (χ0n) is 7.79. The van der Waals surface area contributed by atoms with Crippen LogP contribution < -0.4 is 10.6 Å². The van der Waals surface area contributed by atoms with Gasteiger partial charge in [-0.25, -0.2) is 0 Å². The molecule has 2 N–H and O–H groups in total. The van der Waals surface area contributed by atoms with E-state index in [1.54, 1.807) is 0 Å². The van der Waals surface area contributed by atoms with Crippen molar-refractivity contribution in [2.75, 3.05) is 25.0 Å². The lowest BCUT2D eigenvalue weighted by atomic mass is 10.1. The molecule has 1 aromatic carbocycles. The van der Waals surface area contributed by atoms with E-state index in [9.17, 15) is 0 Å². The Hall–Kier alpha value is -1.02. The van der Waals surface area contributed by atoms with Gasteiger partial charge in [-0.2, -0.15) is 0 Å². The lowest BCUT2D eigenvalue weighted by Crippen LogP contribution is -2.17. The van der Waals surface area contributed by atoms with Crippen LogP contribution in [0.25, 0.3) is 0 Å². The van der Waals surface area contributed by atoms with E-state index in [1.807, 2.05) is 6.07 Å². The highest BCUT2D eigenvalue weighted by Crippen LogP contribution is 2.10. The van der Waals surface area contributed by atoms with E-state index in [0.717, 1.165) is 12.5 Å². The second-order valence-electron chi connectivity index (χ2n) is 3.61. The predicted octanol–water partition coefficient (Wildman–Crippen LogP) is 1.71. The fourth-order valence-corrected chi connectivity index (χ4v) is 1.71. The van der Waals surface area contributed by atoms with Crippen LogP contribution in [0.3, 0.4) is 0 Å². The molecule has 0 aliphatic carbocycles. The molecular weight excluding hydrogens is 160 g/mol. The first-order chi connectivity index (χ1) is 6.45. The van der Waals surface area contributed by atoms with Crippen LogP contribution in [0.2, 0.25) is 0 Å². The normalized spacial score (nSPS) is 21.7. The fraction of sp³-hybridized carbons (Fsp3) is 0.455. The number of para-hydroxylation sites is 1. The molecule has 1 aliphatic heterocycles. The van der Waals surface area contributed by atoms with E-state index in [0.29, 0.717) is 0 Å². The molecule has 1 aromatic rings. The minimum Gasteiger partial charge on any atom is -0.385 e. The molecule has 0 radical (unpaired) electrons. The molecule has 0 unspecified atom stereocenters. The molecule has 0 aromatic heterocycles. The Morgan fingerprint density at radius 1 is 1.31 bits per heavy atom. The molecule has 1 saturated heterocycles. The van der Waals surface area contributed by atoms with Gasteiger partial charge in [0.1, 0.15) is 0 Å². The highest BCUT2D eigenvalue weighted by atomic mass is 14.9. The summed E-state index contributed by atoms with van der Waals surface area (Å²) in [6.07, 6.45) is 1.31. The zero-order valence-corrected chi connectivity index (χ0v) is 7.79. The van der Waals surface area contributed by atoms with Crippen LogP contribution in [0.5, 0.6) is 0 Å². The van der Waals surface area contributed by atoms with Gasteiger partial charge < -0.3 is 10.6 Å². The van der Waals surface area contributed by atoms with Gasteiger partial charge in [-0.05, 0) is 37.6 Å². The molecule has 1 heterocycles. The van der Waals surface area contributed by atoms with Crippen LogP contribution in [0.4, 0.5) is 5.69 Å². The molecule has 2 heteroatoms. The SMILES string of the molecule is c1ccc(NC[C@H]2CCNC2)cc1. The Morgan fingerprint density at radius 2 is 2.15 bits per heavy atom. The largest absolute Gasteiger partial charge is 0.385 e. The Morgan fingerprint density at radius 3 is 2.85 bits per heavy atom. The minimum absolute atomic E-state index is 0.806. The third-order valence-electron chi connectivity index (χ3n) is 2.53. The Labute approximate surface area is 79.4 Å². The minimum atomic E-state index is 0.806. The molecule has 0 bridgehead atoms. The smallest absolute Gasteiger partial charge is 0.0340 e. The number of nitrogens with one attached hydrogen (secondary N) is 2. The summed E-state index contributed by atoms with van der Waals surface area (Å²) in [7, 11) is 0. The monoisotopic (exact) mass is 176 g/mol. The summed E-state index contributed by atoms with van der Waals surface area (Å²) in [6.45, 7) is 3.44. The average molecular weight is 176 g/mol. The van der Waals surface area contributed by atoms with Crippen LogP contribution in [0.1, 0.15) is 6.42 Å². The molecule has 1 fully saturated rings. The molecular formula is C11H16N2. The first-order valence-corrected chi connectivity index (χ1v) is 4.95. The third-order valence-corrected chi connectivity index (χ3v) is 2.53. The van der Waals surface area contributed by atoms with Crippen LogP contribution >= 0.6 is 0 Å². The highest BCUT2D eigenvalue weighted by molar-refractivity contribution is 5.42. The maximum atomic E-state index is 3.45. The van der Waals surface area contributed by atoms with Gasteiger partial charge in [0.25, 0.3) is 0 Å². The molecule has 2 nitrogen and oxygen atoms in total. The van der Waals surface area contributed by atoms with E-state index in [1.165, 1.54) is 25.2 Å².